The summed E-state index contributed by atoms with van der Waals surface area (Å²) in [5.74, 6) is 1.74. The number of rotatable bonds is 8. The molecular formula is C24H35N3O2. The summed E-state index contributed by atoms with van der Waals surface area (Å²) >= 11 is 0. The van der Waals surface area contributed by atoms with Crippen LogP contribution in [0.2, 0.25) is 0 Å². The number of aryl methyl sites for hydroxylation is 1. The molecule has 158 valence electrons. The minimum absolute atomic E-state index is 0.0409. The molecule has 0 bridgehead atoms. The molecule has 1 aliphatic heterocycles. The first-order chi connectivity index (χ1) is 13.9. The molecule has 1 amide bonds. The van der Waals surface area contributed by atoms with Crippen LogP contribution in [-0.4, -0.2) is 54.1 Å². The number of carbonyl (C=O) groups is 1. The summed E-state index contributed by atoms with van der Waals surface area (Å²) in [7, 11) is 1.88. The second-order valence-electron chi connectivity index (χ2n) is 8.95. The van der Waals surface area contributed by atoms with Gasteiger partial charge in [0.1, 0.15) is 5.76 Å². The number of hydrogen-bond acceptors (Lipinski definition) is 4. The van der Waals surface area contributed by atoms with Crippen LogP contribution in [0.5, 0.6) is 0 Å². The van der Waals surface area contributed by atoms with Gasteiger partial charge in [-0.3, -0.25) is 4.79 Å². The molecule has 0 aliphatic carbocycles. The SMILES string of the molecule is Cc1ccccc1CCN1CCC[C@@H](CN(C)C(=O)c2cc(CC(C)C)on2)C1. The lowest BCUT2D eigenvalue weighted by atomic mass is 9.96. The van der Waals surface area contributed by atoms with Gasteiger partial charge in [0.2, 0.25) is 0 Å². The van der Waals surface area contributed by atoms with Gasteiger partial charge in [-0.25, -0.2) is 0 Å². The molecule has 0 unspecified atom stereocenters. The third-order valence-corrected chi connectivity index (χ3v) is 5.83. The number of hydrogen-bond donors (Lipinski definition) is 0. The van der Waals surface area contributed by atoms with Gasteiger partial charge >= 0.3 is 0 Å². The Bertz CT molecular complexity index is 799. The summed E-state index contributed by atoms with van der Waals surface area (Å²) in [6.45, 7) is 10.5. The van der Waals surface area contributed by atoms with Crippen LogP contribution in [0, 0.1) is 18.8 Å². The lowest BCUT2D eigenvalue weighted by Gasteiger charge is -2.34. The fourth-order valence-corrected chi connectivity index (χ4v) is 4.25. The van der Waals surface area contributed by atoms with Gasteiger partial charge in [0.15, 0.2) is 5.69 Å². The third kappa shape index (κ3) is 6.17. The van der Waals surface area contributed by atoms with Crippen molar-refractivity contribution in [3.8, 4) is 0 Å². The van der Waals surface area contributed by atoms with E-state index in [9.17, 15) is 4.79 Å². The van der Waals surface area contributed by atoms with Gasteiger partial charge < -0.3 is 14.3 Å². The molecule has 1 saturated heterocycles. The Labute approximate surface area is 175 Å². The number of likely N-dealkylation sites (tertiary alicyclic amines) is 1. The van der Waals surface area contributed by atoms with Crippen molar-refractivity contribution in [3.05, 3.63) is 52.9 Å². The van der Waals surface area contributed by atoms with E-state index >= 15 is 0 Å². The summed E-state index contributed by atoms with van der Waals surface area (Å²) in [6, 6.07) is 10.4. The van der Waals surface area contributed by atoms with E-state index in [1.165, 1.54) is 24.0 Å². The van der Waals surface area contributed by atoms with Crippen molar-refractivity contribution < 1.29 is 9.32 Å². The van der Waals surface area contributed by atoms with Gasteiger partial charge in [-0.05, 0) is 55.7 Å². The van der Waals surface area contributed by atoms with E-state index in [1.54, 1.807) is 6.07 Å². The highest BCUT2D eigenvalue weighted by Crippen LogP contribution is 2.19. The van der Waals surface area contributed by atoms with Crippen molar-refractivity contribution in [1.82, 2.24) is 15.0 Å². The Kier molecular flexibility index (Phi) is 7.48. The van der Waals surface area contributed by atoms with Crippen LogP contribution in [0.25, 0.3) is 0 Å². The third-order valence-electron chi connectivity index (χ3n) is 5.83. The number of amides is 1. The molecule has 2 aromatic rings. The van der Waals surface area contributed by atoms with Crippen molar-refractivity contribution in [1.29, 1.82) is 0 Å². The first-order valence-electron chi connectivity index (χ1n) is 10.9. The molecule has 1 atom stereocenters. The predicted octanol–water partition coefficient (Wildman–Crippen LogP) is 4.21. The highest BCUT2D eigenvalue weighted by Gasteiger charge is 2.24. The Morgan fingerprint density at radius 2 is 2.14 bits per heavy atom. The highest BCUT2D eigenvalue weighted by atomic mass is 16.5. The van der Waals surface area contributed by atoms with Crippen molar-refractivity contribution in [3.63, 3.8) is 0 Å². The molecule has 1 aliphatic rings. The van der Waals surface area contributed by atoms with Crippen LogP contribution >= 0.6 is 0 Å². The highest BCUT2D eigenvalue weighted by molar-refractivity contribution is 5.92. The zero-order valence-corrected chi connectivity index (χ0v) is 18.4. The molecular weight excluding hydrogens is 362 g/mol. The summed E-state index contributed by atoms with van der Waals surface area (Å²) in [5, 5.41) is 3.99. The molecule has 5 heteroatoms. The van der Waals surface area contributed by atoms with Gasteiger partial charge in [0.05, 0.1) is 0 Å². The van der Waals surface area contributed by atoms with Crippen LogP contribution in [0.15, 0.2) is 34.9 Å². The summed E-state index contributed by atoms with van der Waals surface area (Å²) in [6.07, 6.45) is 4.27. The van der Waals surface area contributed by atoms with Crippen LogP contribution in [0.4, 0.5) is 0 Å². The number of nitrogens with zero attached hydrogens (tertiary/aromatic N) is 3. The fourth-order valence-electron chi connectivity index (χ4n) is 4.25. The number of carbonyl (C=O) groups excluding carboxylic acids is 1. The largest absolute Gasteiger partial charge is 0.361 e. The Morgan fingerprint density at radius 1 is 1.34 bits per heavy atom. The predicted molar refractivity (Wildman–Crippen MR) is 116 cm³/mol. The zero-order chi connectivity index (χ0) is 20.8. The van der Waals surface area contributed by atoms with Crippen LogP contribution in [0.1, 0.15) is 54.1 Å². The summed E-state index contributed by atoms with van der Waals surface area (Å²) in [4.78, 5) is 17.1. The van der Waals surface area contributed by atoms with Crippen molar-refractivity contribution in [2.24, 2.45) is 11.8 Å². The van der Waals surface area contributed by atoms with E-state index in [-0.39, 0.29) is 5.91 Å². The Morgan fingerprint density at radius 3 is 2.90 bits per heavy atom. The van der Waals surface area contributed by atoms with E-state index < -0.39 is 0 Å². The second-order valence-corrected chi connectivity index (χ2v) is 8.95. The summed E-state index contributed by atoms with van der Waals surface area (Å²) in [5.41, 5.74) is 3.23. The quantitative estimate of drug-likeness (QED) is 0.670. The molecule has 0 radical (unpaired) electrons. The Hall–Kier alpha value is -2.14. The molecule has 0 saturated carbocycles. The minimum Gasteiger partial charge on any atom is -0.361 e. The fraction of sp³-hybridized carbons (Fsp3) is 0.583. The van der Waals surface area contributed by atoms with Gasteiger partial charge in [0.25, 0.3) is 5.91 Å². The van der Waals surface area contributed by atoms with Crippen molar-refractivity contribution in [2.45, 2.75) is 46.5 Å². The molecule has 0 spiro atoms. The number of aromatic nitrogens is 1. The van der Waals surface area contributed by atoms with Gasteiger partial charge in [-0.15, -0.1) is 0 Å². The van der Waals surface area contributed by atoms with E-state index in [0.29, 0.717) is 17.5 Å². The van der Waals surface area contributed by atoms with E-state index in [4.69, 9.17) is 4.52 Å². The van der Waals surface area contributed by atoms with Crippen LogP contribution in [0.3, 0.4) is 0 Å². The molecule has 2 heterocycles. The average molecular weight is 398 g/mol. The first-order valence-corrected chi connectivity index (χ1v) is 10.9. The van der Waals surface area contributed by atoms with Gasteiger partial charge in [-0.2, -0.15) is 0 Å². The number of benzene rings is 1. The van der Waals surface area contributed by atoms with E-state index in [2.05, 4.69) is 55.1 Å². The minimum atomic E-state index is -0.0409. The second kappa shape index (κ2) is 10.1. The topological polar surface area (TPSA) is 49.6 Å². The summed E-state index contributed by atoms with van der Waals surface area (Å²) < 4.78 is 5.33. The van der Waals surface area contributed by atoms with Gasteiger partial charge in [0, 0.05) is 39.2 Å². The van der Waals surface area contributed by atoms with Crippen LogP contribution < -0.4 is 0 Å². The molecule has 1 fully saturated rings. The molecule has 1 aromatic heterocycles. The molecule has 0 N–H and O–H groups in total. The van der Waals surface area contributed by atoms with E-state index in [1.807, 2.05) is 11.9 Å². The van der Waals surface area contributed by atoms with Gasteiger partial charge in [-0.1, -0.05) is 43.3 Å². The van der Waals surface area contributed by atoms with Crippen molar-refractivity contribution in [2.75, 3.05) is 33.2 Å². The molecule has 1 aromatic carbocycles. The number of piperidine rings is 1. The maximum Gasteiger partial charge on any atom is 0.275 e. The maximum atomic E-state index is 12.7. The standard InChI is InChI=1S/C24H35N3O2/c1-18(2)14-22-15-23(25-29-22)24(28)26(4)16-20-9-7-12-27(17-20)13-11-21-10-6-5-8-19(21)3/h5-6,8,10,15,18,20H,7,9,11-14,16-17H2,1-4H3/t20-/m0/s1. The maximum absolute atomic E-state index is 12.7. The zero-order valence-electron chi connectivity index (χ0n) is 18.4. The lowest BCUT2D eigenvalue weighted by Crippen LogP contribution is -2.42. The van der Waals surface area contributed by atoms with E-state index in [0.717, 1.165) is 44.8 Å². The van der Waals surface area contributed by atoms with Crippen molar-refractivity contribution >= 4 is 5.91 Å². The molecule has 3 rings (SSSR count). The van der Waals surface area contributed by atoms with Crippen LogP contribution in [-0.2, 0) is 12.8 Å². The average Bonchev–Trinajstić information content (AvgIpc) is 3.14. The molecule has 29 heavy (non-hydrogen) atoms. The molecule has 5 nitrogen and oxygen atoms in total. The first kappa shape index (κ1) is 21.6. The monoisotopic (exact) mass is 397 g/mol. The Balaban J connectivity index is 1.49. The normalized spacial score (nSPS) is 17.6. The smallest absolute Gasteiger partial charge is 0.275 e. The lowest BCUT2D eigenvalue weighted by molar-refractivity contribution is 0.0720.